The molecule has 3 rings (SSSR count). The highest BCUT2D eigenvalue weighted by molar-refractivity contribution is 7.98. The van der Waals surface area contributed by atoms with Crippen LogP contribution in [0.5, 0.6) is 0 Å². The minimum Gasteiger partial charge on any atom is -0.480 e. The molecule has 0 saturated heterocycles. The summed E-state index contributed by atoms with van der Waals surface area (Å²) in [7, 11) is 0. The van der Waals surface area contributed by atoms with Gasteiger partial charge in [-0.25, -0.2) is 0 Å². The monoisotopic (exact) mass is 470 g/mol. The van der Waals surface area contributed by atoms with E-state index in [9.17, 15) is 19.5 Å². The molecule has 0 spiro atoms. The lowest BCUT2D eigenvalue weighted by atomic mass is 9.83. The molecule has 8 heteroatoms. The van der Waals surface area contributed by atoms with Gasteiger partial charge in [0.1, 0.15) is 12.1 Å². The number of nitrogens with zero attached hydrogens (tertiary/aromatic N) is 1. The third-order valence-electron chi connectivity index (χ3n) is 5.73. The van der Waals surface area contributed by atoms with E-state index in [4.69, 9.17) is 10.5 Å². The lowest BCUT2D eigenvalue weighted by molar-refractivity contribution is -0.157. The van der Waals surface area contributed by atoms with Gasteiger partial charge in [0.05, 0.1) is 18.7 Å². The highest BCUT2D eigenvalue weighted by atomic mass is 32.2. The molecule has 3 unspecified atom stereocenters. The van der Waals surface area contributed by atoms with Gasteiger partial charge in [-0.05, 0) is 37.0 Å². The standard InChI is InChI=1S/C25H30N2O5S/c1-3-32-25(31)21(15-33-14-17-9-5-4-6-10-17)27-20(24(29)30)13-18-11-7-8-12-19(18)22(27)23(28)16(2)26/h4-12,16,20-22H,3,13-15,26H2,1-2H3,(H,29,30)/t16-,20?,21?,22?/m0/s1. The second-order valence-electron chi connectivity index (χ2n) is 8.07. The van der Waals surface area contributed by atoms with Crippen LogP contribution in [0.15, 0.2) is 54.6 Å². The van der Waals surface area contributed by atoms with Crippen molar-refractivity contribution in [2.75, 3.05) is 12.4 Å². The summed E-state index contributed by atoms with van der Waals surface area (Å²) in [4.78, 5) is 40.3. The lowest BCUT2D eigenvalue weighted by Crippen LogP contribution is -2.59. The molecule has 0 fully saturated rings. The van der Waals surface area contributed by atoms with Gasteiger partial charge in [-0.3, -0.25) is 19.3 Å². The van der Waals surface area contributed by atoms with Gasteiger partial charge in [0.25, 0.3) is 0 Å². The third kappa shape index (κ3) is 5.82. The largest absolute Gasteiger partial charge is 0.480 e. The Hall–Kier alpha value is -2.68. The molecule has 1 aliphatic rings. The number of hydrogen-bond acceptors (Lipinski definition) is 7. The number of Topliss-reactive ketones (excluding diaryl/α,β-unsaturated/α-hetero) is 1. The summed E-state index contributed by atoms with van der Waals surface area (Å²) in [5, 5.41) is 10.1. The maximum Gasteiger partial charge on any atom is 0.324 e. The topological polar surface area (TPSA) is 110 Å². The minimum atomic E-state index is -1.09. The van der Waals surface area contributed by atoms with Crippen LogP contribution in [0.2, 0.25) is 0 Å². The summed E-state index contributed by atoms with van der Waals surface area (Å²) in [5.74, 6) is -1.02. The van der Waals surface area contributed by atoms with Gasteiger partial charge in [0.15, 0.2) is 5.78 Å². The Morgan fingerprint density at radius 2 is 1.82 bits per heavy atom. The molecule has 1 heterocycles. The van der Waals surface area contributed by atoms with E-state index in [1.165, 1.54) is 16.7 Å². The van der Waals surface area contributed by atoms with Crippen molar-refractivity contribution in [2.45, 2.75) is 50.2 Å². The number of rotatable bonds is 10. The summed E-state index contributed by atoms with van der Waals surface area (Å²) in [6.45, 7) is 3.45. The molecule has 33 heavy (non-hydrogen) atoms. The third-order valence-corrected chi connectivity index (χ3v) is 6.82. The van der Waals surface area contributed by atoms with Crippen LogP contribution in [0, 0.1) is 0 Å². The molecule has 7 nitrogen and oxygen atoms in total. The Balaban J connectivity index is 2.01. The number of fused-ring (bicyclic) bond motifs is 1. The molecule has 4 atom stereocenters. The van der Waals surface area contributed by atoms with Crippen LogP contribution in [0.4, 0.5) is 0 Å². The Morgan fingerprint density at radius 3 is 2.45 bits per heavy atom. The van der Waals surface area contributed by atoms with E-state index in [1.54, 1.807) is 13.8 Å². The number of thioether (sulfide) groups is 1. The zero-order valence-corrected chi connectivity index (χ0v) is 19.7. The Morgan fingerprint density at radius 1 is 1.15 bits per heavy atom. The first kappa shape index (κ1) is 25.0. The zero-order valence-electron chi connectivity index (χ0n) is 18.8. The van der Waals surface area contributed by atoms with Crippen LogP contribution in [-0.2, 0) is 31.3 Å². The fourth-order valence-electron chi connectivity index (χ4n) is 4.18. The van der Waals surface area contributed by atoms with Gasteiger partial charge in [-0.15, -0.1) is 0 Å². The number of ether oxygens (including phenoxy) is 1. The molecule has 0 aliphatic carbocycles. The highest BCUT2D eigenvalue weighted by Gasteiger charge is 2.47. The fraction of sp³-hybridized carbons (Fsp3) is 0.400. The second-order valence-corrected chi connectivity index (χ2v) is 9.10. The molecule has 2 aromatic carbocycles. The van der Waals surface area contributed by atoms with E-state index < -0.39 is 36.1 Å². The molecule has 0 aromatic heterocycles. The Kier molecular flexibility index (Phi) is 8.66. The molecule has 0 saturated carbocycles. The van der Waals surface area contributed by atoms with Gasteiger partial charge in [-0.1, -0.05) is 54.6 Å². The predicted molar refractivity (Wildman–Crippen MR) is 128 cm³/mol. The predicted octanol–water partition coefficient (Wildman–Crippen LogP) is 2.82. The van der Waals surface area contributed by atoms with Crippen LogP contribution in [0.3, 0.4) is 0 Å². The molecular formula is C25H30N2O5S. The smallest absolute Gasteiger partial charge is 0.324 e. The van der Waals surface area contributed by atoms with E-state index in [0.717, 1.165) is 11.1 Å². The first-order valence-corrected chi connectivity index (χ1v) is 12.2. The maximum absolute atomic E-state index is 13.3. The summed E-state index contributed by atoms with van der Waals surface area (Å²) < 4.78 is 5.34. The molecule has 0 radical (unpaired) electrons. The first-order chi connectivity index (χ1) is 15.8. The molecule has 2 aromatic rings. The van der Waals surface area contributed by atoms with E-state index in [2.05, 4.69) is 0 Å². The second kappa shape index (κ2) is 11.4. The van der Waals surface area contributed by atoms with Gasteiger partial charge in [-0.2, -0.15) is 11.8 Å². The average molecular weight is 471 g/mol. The molecule has 1 aliphatic heterocycles. The minimum absolute atomic E-state index is 0.159. The van der Waals surface area contributed by atoms with Gasteiger partial charge in [0.2, 0.25) is 0 Å². The molecule has 0 amide bonds. The molecular weight excluding hydrogens is 440 g/mol. The van der Waals surface area contributed by atoms with E-state index in [1.807, 2.05) is 54.6 Å². The van der Waals surface area contributed by atoms with Gasteiger partial charge in [0, 0.05) is 11.5 Å². The van der Waals surface area contributed by atoms with Crippen molar-refractivity contribution >= 4 is 29.5 Å². The van der Waals surface area contributed by atoms with E-state index in [0.29, 0.717) is 11.3 Å². The maximum atomic E-state index is 13.3. The van der Waals surface area contributed by atoms with E-state index >= 15 is 0 Å². The molecule has 0 bridgehead atoms. The summed E-state index contributed by atoms with van der Waals surface area (Å²) in [5.41, 5.74) is 8.54. The number of esters is 1. The normalized spacial score (nSPS) is 19.8. The SMILES string of the molecule is CCOC(=O)C(CSCc1ccccc1)N1C(C(=O)O)Cc2ccccc2C1C(=O)[C@H](C)N. The average Bonchev–Trinajstić information content (AvgIpc) is 2.81. The molecule has 3 N–H and O–H groups in total. The summed E-state index contributed by atoms with van der Waals surface area (Å²) in [6.07, 6.45) is 0.188. The fourth-order valence-corrected chi connectivity index (χ4v) is 5.26. The molecule has 176 valence electrons. The van der Waals surface area contributed by atoms with Crippen LogP contribution in [0.25, 0.3) is 0 Å². The number of aliphatic carboxylic acids is 1. The number of hydrogen-bond donors (Lipinski definition) is 2. The van der Waals surface area contributed by atoms with Crippen molar-refractivity contribution in [3.05, 3.63) is 71.3 Å². The van der Waals surface area contributed by atoms with Gasteiger partial charge < -0.3 is 15.6 Å². The van der Waals surface area contributed by atoms with Crippen molar-refractivity contribution in [1.29, 1.82) is 0 Å². The number of ketones is 1. The van der Waals surface area contributed by atoms with Crippen LogP contribution in [-0.4, -0.2) is 58.2 Å². The summed E-state index contributed by atoms with van der Waals surface area (Å²) in [6, 6.07) is 13.3. The number of nitrogens with two attached hydrogens (primary N) is 1. The van der Waals surface area contributed by atoms with Crippen LogP contribution in [0.1, 0.15) is 36.6 Å². The lowest BCUT2D eigenvalue weighted by Gasteiger charge is -2.44. The van der Waals surface area contributed by atoms with Crippen molar-refractivity contribution < 1.29 is 24.2 Å². The zero-order chi connectivity index (χ0) is 24.0. The first-order valence-electron chi connectivity index (χ1n) is 11.0. The number of carboxylic acids is 1. The van der Waals surface area contributed by atoms with Crippen molar-refractivity contribution in [3.63, 3.8) is 0 Å². The van der Waals surface area contributed by atoms with Crippen molar-refractivity contribution in [3.8, 4) is 0 Å². The van der Waals surface area contributed by atoms with Gasteiger partial charge >= 0.3 is 11.9 Å². The number of benzene rings is 2. The summed E-state index contributed by atoms with van der Waals surface area (Å²) >= 11 is 1.50. The Bertz CT molecular complexity index is 982. The van der Waals surface area contributed by atoms with Crippen molar-refractivity contribution in [2.24, 2.45) is 5.73 Å². The number of carboxylic acid groups (broad SMARTS) is 1. The Labute approximate surface area is 198 Å². The van der Waals surface area contributed by atoms with Crippen molar-refractivity contribution in [1.82, 2.24) is 4.90 Å². The number of carbonyl (C=O) groups is 3. The number of carbonyl (C=O) groups excluding carboxylic acids is 2. The van der Waals surface area contributed by atoms with Crippen LogP contribution >= 0.6 is 11.8 Å². The van der Waals surface area contributed by atoms with Crippen LogP contribution < -0.4 is 5.73 Å². The quantitative estimate of drug-likeness (QED) is 0.510. The highest BCUT2D eigenvalue weighted by Crippen LogP contribution is 2.37. The van der Waals surface area contributed by atoms with E-state index in [-0.39, 0.29) is 24.6 Å².